The van der Waals surface area contributed by atoms with Gasteiger partial charge in [0.2, 0.25) is 0 Å². The summed E-state index contributed by atoms with van der Waals surface area (Å²) >= 11 is 0. The molecule has 1 heteroatoms. The Morgan fingerprint density at radius 2 is 2.00 bits per heavy atom. The maximum atomic E-state index is 3.66. The third-order valence-electron chi connectivity index (χ3n) is 3.56. The highest BCUT2D eigenvalue weighted by Gasteiger charge is 2.26. The summed E-state index contributed by atoms with van der Waals surface area (Å²) in [4.78, 5) is 0. The molecule has 1 aromatic rings. The van der Waals surface area contributed by atoms with Crippen LogP contribution in [0.3, 0.4) is 0 Å². The van der Waals surface area contributed by atoms with Gasteiger partial charge in [-0.1, -0.05) is 44.2 Å². The van der Waals surface area contributed by atoms with Crippen LogP contribution in [0.1, 0.15) is 32.3 Å². The summed E-state index contributed by atoms with van der Waals surface area (Å²) in [6.45, 7) is 5.84. The van der Waals surface area contributed by atoms with Crippen LogP contribution in [0, 0.1) is 11.8 Å². The van der Waals surface area contributed by atoms with E-state index in [-0.39, 0.29) is 0 Å². The third-order valence-corrected chi connectivity index (χ3v) is 3.56. The first kappa shape index (κ1) is 11.7. The Bertz CT molecular complexity index is 304. The van der Waals surface area contributed by atoms with E-state index in [9.17, 15) is 0 Å². The predicted molar refractivity (Wildman–Crippen MR) is 69.5 cm³/mol. The molecule has 2 rings (SSSR count). The van der Waals surface area contributed by atoms with Crippen molar-refractivity contribution >= 4 is 0 Å². The van der Waals surface area contributed by atoms with E-state index in [2.05, 4.69) is 49.5 Å². The molecule has 1 N–H and O–H groups in total. The molecule has 0 bridgehead atoms. The minimum atomic E-state index is 0.736. The Kier molecular flexibility index (Phi) is 4.00. The summed E-state index contributed by atoms with van der Waals surface area (Å²) in [6, 6.07) is 11.6. The van der Waals surface area contributed by atoms with E-state index in [1.165, 1.54) is 31.4 Å². The maximum Gasteiger partial charge on any atom is 0.0101 e. The van der Waals surface area contributed by atoms with Crippen LogP contribution in [-0.2, 0) is 6.42 Å². The van der Waals surface area contributed by atoms with Crippen LogP contribution >= 0.6 is 0 Å². The molecule has 1 heterocycles. The van der Waals surface area contributed by atoms with Crippen LogP contribution in [0.25, 0.3) is 0 Å². The van der Waals surface area contributed by atoms with Crippen molar-refractivity contribution in [3.05, 3.63) is 35.9 Å². The number of rotatable bonds is 4. The van der Waals surface area contributed by atoms with Gasteiger partial charge in [0.25, 0.3) is 0 Å². The van der Waals surface area contributed by atoms with Crippen molar-refractivity contribution < 1.29 is 0 Å². The van der Waals surface area contributed by atoms with Gasteiger partial charge in [0, 0.05) is 6.04 Å². The molecule has 88 valence electrons. The predicted octanol–water partition coefficient (Wildman–Crippen LogP) is 3.25. The Morgan fingerprint density at radius 1 is 1.25 bits per heavy atom. The lowest BCUT2D eigenvalue weighted by atomic mass is 9.88. The van der Waals surface area contributed by atoms with Crippen molar-refractivity contribution in [2.24, 2.45) is 11.8 Å². The van der Waals surface area contributed by atoms with Crippen LogP contribution in [0.2, 0.25) is 0 Å². The summed E-state index contributed by atoms with van der Waals surface area (Å²) in [6.07, 6.45) is 3.90. The molecule has 1 aromatic carbocycles. The summed E-state index contributed by atoms with van der Waals surface area (Å²) in [5, 5.41) is 3.66. The van der Waals surface area contributed by atoms with Gasteiger partial charge in [0.1, 0.15) is 0 Å². The molecule has 1 aliphatic heterocycles. The molecule has 0 saturated carbocycles. The normalized spacial score (nSPS) is 25.2. The molecule has 16 heavy (non-hydrogen) atoms. The second kappa shape index (κ2) is 5.49. The van der Waals surface area contributed by atoms with E-state index in [0.717, 1.165) is 17.9 Å². The van der Waals surface area contributed by atoms with E-state index < -0.39 is 0 Å². The monoisotopic (exact) mass is 217 g/mol. The van der Waals surface area contributed by atoms with Crippen molar-refractivity contribution in [3.8, 4) is 0 Å². The summed E-state index contributed by atoms with van der Waals surface area (Å²) in [7, 11) is 0. The van der Waals surface area contributed by atoms with Crippen LogP contribution in [0.5, 0.6) is 0 Å². The minimum Gasteiger partial charge on any atom is -0.314 e. The van der Waals surface area contributed by atoms with E-state index >= 15 is 0 Å². The molecule has 2 atom stereocenters. The van der Waals surface area contributed by atoms with E-state index in [1.807, 2.05) is 0 Å². The second-order valence-electron chi connectivity index (χ2n) is 5.43. The zero-order valence-corrected chi connectivity index (χ0v) is 10.4. The molecule has 0 aliphatic carbocycles. The van der Waals surface area contributed by atoms with Crippen LogP contribution in [-0.4, -0.2) is 12.6 Å². The van der Waals surface area contributed by atoms with Crippen molar-refractivity contribution in [3.63, 3.8) is 0 Å². The summed E-state index contributed by atoms with van der Waals surface area (Å²) in [5.74, 6) is 1.64. The number of nitrogens with one attached hydrogen (secondary N) is 1. The Labute approximate surface area is 99.3 Å². The Morgan fingerprint density at radius 3 is 2.69 bits per heavy atom. The highest BCUT2D eigenvalue weighted by atomic mass is 14.9. The van der Waals surface area contributed by atoms with Crippen molar-refractivity contribution in [2.45, 2.75) is 39.2 Å². The Balaban J connectivity index is 1.93. The van der Waals surface area contributed by atoms with Gasteiger partial charge in [0.15, 0.2) is 0 Å². The molecular formula is C15H23N. The number of hydrogen-bond acceptors (Lipinski definition) is 1. The molecule has 1 nitrogen and oxygen atoms in total. The first-order valence-electron chi connectivity index (χ1n) is 6.53. The van der Waals surface area contributed by atoms with Crippen molar-refractivity contribution in [2.75, 3.05) is 6.54 Å². The van der Waals surface area contributed by atoms with E-state index in [0.29, 0.717) is 0 Å². The smallest absolute Gasteiger partial charge is 0.0101 e. The lowest BCUT2D eigenvalue weighted by Gasteiger charge is -2.21. The van der Waals surface area contributed by atoms with Gasteiger partial charge >= 0.3 is 0 Å². The molecule has 0 amide bonds. The fourth-order valence-corrected chi connectivity index (χ4v) is 2.77. The van der Waals surface area contributed by atoms with Gasteiger partial charge in [-0.25, -0.2) is 0 Å². The summed E-state index contributed by atoms with van der Waals surface area (Å²) < 4.78 is 0. The van der Waals surface area contributed by atoms with Gasteiger partial charge in [-0.2, -0.15) is 0 Å². The largest absolute Gasteiger partial charge is 0.314 e. The topological polar surface area (TPSA) is 12.0 Å². The molecule has 0 radical (unpaired) electrons. The average molecular weight is 217 g/mol. The fourth-order valence-electron chi connectivity index (χ4n) is 2.77. The second-order valence-corrected chi connectivity index (χ2v) is 5.43. The molecule has 1 aliphatic rings. The van der Waals surface area contributed by atoms with E-state index in [4.69, 9.17) is 0 Å². The highest BCUT2D eigenvalue weighted by molar-refractivity contribution is 5.16. The number of benzene rings is 1. The van der Waals surface area contributed by atoms with Crippen molar-refractivity contribution in [1.82, 2.24) is 5.32 Å². The Hall–Kier alpha value is -0.820. The van der Waals surface area contributed by atoms with Gasteiger partial charge in [-0.15, -0.1) is 0 Å². The number of hydrogen-bond donors (Lipinski definition) is 1. The summed E-state index contributed by atoms with van der Waals surface area (Å²) in [5.41, 5.74) is 1.49. The zero-order valence-electron chi connectivity index (χ0n) is 10.4. The standard InChI is InChI=1S/C15H23N/c1-12(2)10-15-14(8-9-16-15)11-13-6-4-3-5-7-13/h3-7,12,14-16H,8-11H2,1-2H3. The third kappa shape index (κ3) is 3.08. The minimum absolute atomic E-state index is 0.736. The van der Waals surface area contributed by atoms with Gasteiger partial charge in [0.05, 0.1) is 0 Å². The van der Waals surface area contributed by atoms with E-state index in [1.54, 1.807) is 0 Å². The molecule has 1 fully saturated rings. The molecule has 0 spiro atoms. The van der Waals surface area contributed by atoms with Gasteiger partial charge in [-0.05, 0) is 43.2 Å². The molecular weight excluding hydrogens is 194 g/mol. The van der Waals surface area contributed by atoms with Crippen LogP contribution in [0.4, 0.5) is 0 Å². The first-order valence-corrected chi connectivity index (χ1v) is 6.53. The lowest BCUT2D eigenvalue weighted by molar-refractivity contribution is 0.375. The molecule has 0 aromatic heterocycles. The maximum absolute atomic E-state index is 3.66. The first-order chi connectivity index (χ1) is 7.75. The molecule has 1 saturated heterocycles. The fraction of sp³-hybridized carbons (Fsp3) is 0.600. The van der Waals surface area contributed by atoms with Crippen molar-refractivity contribution in [1.29, 1.82) is 0 Å². The van der Waals surface area contributed by atoms with Gasteiger partial charge < -0.3 is 5.32 Å². The van der Waals surface area contributed by atoms with Crippen LogP contribution in [0.15, 0.2) is 30.3 Å². The van der Waals surface area contributed by atoms with Gasteiger partial charge in [-0.3, -0.25) is 0 Å². The molecule has 2 unspecified atom stereocenters. The van der Waals surface area contributed by atoms with Crippen LogP contribution < -0.4 is 5.32 Å². The average Bonchev–Trinajstić information content (AvgIpc) is 2.66. The SMILES string of the molecule is CC(C)CC1NCCC1Cc1ccccc1. The quantitative estimate of drug-likeness (QED) is 0.816. The lowest BCUT2D eigenvalue weighted by Crippen LogP contribution is -2.29. The zero-order chi connectivity index (χ0) is 11.4. The highest BCUT2D eigenvalue weighted by Crippen LogP contribution is 2.25.